The Morgan fingerprint density at radius 2 is 1.04 bits per heavy atom. The predicted octanol–water partition coefficient (Wildman–Crippen LogP) is 4.98. The molecule has 0 amide bonds. The first-order valence-corrected chi connectivity index (χ1v) is 9.24. The van der Waals surface area contributed by atoms with Crippen molar-refractivity contribution in [2.45, 2.75) is 25.7 Å². The average Bonchev–Trinajstić information content (AvgIpc) is 2.71. The average molecular weight is 362 g/mol. The monoisotopic (exact) mass is 362 g/mol. The third kappa shape index (κ3) is 5.52. The fourth-order valence-electron chi connectivity index (χ4n) is 3.26. The molecule has 0 aromatic heterocycles. The van der Waals surface area contributed by atoms with Crippen LogP contribution >= 0.6 is 0 Å². The second kappa shape index (κ2) is 9.13. The van der Waals surface area contributed by atoms with Crippen molar-refractivity contribution in [2.24, 2.45) is 0 Å². The van der Waals surface area contributed by atoms with Crippen LogP contribution in [0.15, 0.2) is 66.7 Å². The second-order valence-electron chi connectivity index (χ2n) is 6.71. The van der Waals surface area contributed by atoms with Crippen LogP contribution in [-0.2, 0) is 25.7 Å². The Morgan fingerprint density at radius 3 is 1.48 bits per heavy atom. The van der Waals surface area contributed by atoms with Crippen LogP contribution in [0.4, 0.5) is 0 Å². The van der Waals surface area contributed by atoms with E-state index in [0.717, 1.165) is 48.3 Å². The number of ether oxygens (including phenoxy) is 2. The SMILES string of the molecule is COc1cccc(CCc2cc(O)cc(CCc3cccc(OC)c3)c2)c1. The van der Waals surface area contributed by atoms with Gasteiger partial charge in [0, 0.05) is 0 Å². The molecule has 0 saturated heterocycles. The lowest BCUT2D eigenvalue weighted by molar-refractivity contribution is 0.414. The van der Waals surface area contributed by atoms with Gasteiger partial charge in [-0.25, -0.2) is 0 Å². The van der Waals surface area contributed by atoms with Gasteiger partial charge in [0.2, 0.25) is 0 Å². The van der Waals surface area contributed by atoms with E-state index in [0.29, 0.717) is 5.75 Å². The van der Waals surface area contributed by atoms with Gasteiger partial charge in [-0.2, -0.15) is 0 Å². The fourth-order valence-corrected chi connectivity index (χ4v) is 3.26. The van der Waals surface area contributed by atoms with Crippen molar-refractivity contribution in [3.8, 4) is 17.2 Å². The predicted molar refractivity (Wildman–Crippen MR) is 109 cm³/mol. The van der Waals surface area contributed by atoms with E-state index in [-0.39, 0.29) is 0 Å². The van der Waals surface area contributed by atoms with Crippen molar-refractivity contribution in [3.05, 3.63) is 89.0 Å². The first kappa shape index (κ1) is 18.8. The van der Waals surface area contributed by atoms with Crippen LogP contribution in [0.1, 0.15) is 22.3 Å². The van der Waals surface area contributed by atoms with E-state index in [1.165, 1.54) is 11.1 Å². The van der Waals surface area contributed by atoms with Gasteiger partial charge >= 0.3 is 0 Å². The second-order valence-corrected chi connectivity index (χ2v) is 6.71. The Labute approximate surface area is 161 Å². The number of rotatable bonds is 8. The summed E-state index contributed by atoms with van der Waals surface area (Å²) in [6, 6.07) is 22.2. The summed E-state index contributed by atoms with van der Waals surface area (Å²) in [5.41, 5.74) is 4.77. The molecule has 0 atom stereocenters. The summed E-state index contributed by atoms with van der Waals surface area (Å²) in [7, 11) is 3.37. The van der Waals surface area contributed by atoms with Gasteiger partial charge in [0.25, 0.3) is 0 Å². The standard InChI is InChI=1S/C24H26O3/c1-26-23-7-3-5-18(16-23)9-11-20-13-21(15-22(25)14-20)12-10-19-6-4-8-24(17-19)27-2/h3-8,13-17,25H,9-12H2,1-2H3. The van der Waals surface area contributed by atoms with Crippen molar-refractivity contribution < 1.29 is 14.6 Å². The number of phenolic OH excluding ortho intramolecular Hbond substituents is 1. The highest BCUT2D eigenvalue weighted by atomic mass is 16.5. The largest absolute Gasteiger partial charge is 0.508 e. The molecule has 0 unspecified atom stereocenters. The molecule has 0 aliphatic rings. The first-order chi connectivity index (χ1) is 13.2. The maximum Gasteiger partial charge on any atom is 0.119 e. The quantitative estimate of drug-likeness (QED) is 0.614. The summed E-state index contributed by atoms with van der Waals surface area (Å²) in [6.07, 6.45) is 3.59. The molecule has 3 heteroatoms. The molecule has 27 heavy (non-hydrogen) atoms. The Bertz CT molecular complexity index is 817. The number of aryl methyl sites for hydroxylation is 4. The fraction of sp³-hybridized carbons (Fsp3) is 0.250. The Hall–Kier alpha value is -2.94. The topological polar surface area (TPSA) is 38.7 Å². The molecule has 3 aromatic carbocycles. The molecule has 1 N–H and O–H groups in total. The first-order valence-electron chi connectivity index (χ1n) is 9.24. The molecule has 0 saturated carbocycles. The Kier molecular flexibility index (Phi) is 6.37. The third-order valence-electron chi connectivity index (χ3n) is 4.71. The molecule has 3 aromatic rings. The Balaban J connectivity index is 1.64. The summed E-state index contributed by atoms with van der Waals surface area (Å²) in [4.78, 5) is 0. The lowest BCUT2D eigenvalue weighted by atomic mass is 9.98. The highest BCUT2D eigenvalue weighted by Gasteiger charge is 2.04. The molecule has 0 aliphatic heterocycles. The van der Waals surface area contributed by atoms with Crippen molar-refractivity contribution >= 4 is 0 Å². The van der Waals surface area contributed by atoms with Gasteiger partial charge in [0.15, 0.2) is 0 Å². The zero-order valence-electron chi connectivity index (χ0n) is 15.9. The third-order valence-corrected chi connectivity index (χ3v) is 4.71. The molecule has 0 fully saturated rings. The number of aromatic hydroxyl groups is 1. The lowest BCUT2D eigenvalue weighted by Gasteiger charge is -2.09. The highest BCUT2D eigenvalue weighted by molar-refractivity contribution is 5.36. The van der Waals surface area contributed by atoms with Gasteiger partial charge < -0.3 is 14.6 Å². The summed E-state index contributed by atoms with van der Waals surface area (Å²) in [6.45, 7) is 0. The van der Waals surface area contributed by atoms with Crippen LogP contribution in [0, 0.1) is 0 Å². The number of phenols is 1. The molecule has 0 aliphatic carbocycles. The van der Waals surface area contributed by atoms with E-state index in [9.17, 15) is 5.11 Å². The van der Waals surface area contributed by atoms with Crippen LogP contribution in [0.25, 0.3) is 0 Å². The molecule has 3 rings (SSSR count). The van der Waals surface area contributed by atoms with E-state index in [4.69, 9.17) is 9.47 Å². The molecule has 0 radical (unpaired) electrons. The van der Waals surface area contributed by atoms with E-state index >= 15 is 0 Å². The van der Waals surface area contributed by atoms with Crippen molar-refractivity contribution in [2.75, 3.05) is 14.2 Å². The number of hydrogen-bond donors (Lipinski definition) is 1. The molecule has 0 spiro atoms. The molecule has 0 bridgehead atoms. The Morgan fingerprint density at radius 1 is 0.593 bits per heavy atom. The minimum atomic E-state index is 0.332. The van der Waals surface area contributed by atoms with Gasteiger partial charge in [0.05, 0.1) is 14.2 Å². The normalized spacial score (nSPS) is 10.6. The lowest BCUT2D eigenvalue weighted by Crippen LogP contribution is -1.96. The smallest absolute Gasteiger partial charge is 0.119 e. The van der Waals surface area contributed by atoms with Crippen LogP contribution in [-0.4, -0.2) is 19.3 Å². The zero-order valence-corrected chi connectivity index (χ0v) is 15.9. The molecular formula is C24H26O3. The summed E-state index contributed by atoms with van der Waals surface area (Å²) in [5.74, 6) is 2.09. The maximum atomic E-state index is 10.1. The molecule has 0 heterocycles. The minimum absolute atomic E-state index is 0.332. The van der Waals surface area contributed by atoms with Gasteiger partial charge in [-0.3, -0.25) is 0 Å². The van der Waals surface area contributed by atoms with Gasteiger partial charge in [-0.15, -0.1) is 0 Å². The summed E-state index contributed by atoms with van der Waals surface area (Å²) in [5, 5.41) is 10.1. The van der Waals surface area contributed by atoms with Gasteiger partial charge in [-0.1, -0.05) is 30.3 Å². The van der Waals surface area contributed by atoms with E-state index in [1.54, 1.807) is 14.2 Å². The summed E-state index contributed by atoms with van der Waals surface area (Å²) >= 11 is 0. The van der Waals surface area contributed by atoms with E-state index in [2.05, 4.69) is 30.3 Å². The zero-order chi connectivity index (χ0) is 19.1. The number of hydrogen-bond acceptors (Lipinski definition) is 3. The van der Waals surface area contributed by atoms with Crippen molar-refractivity contribution in [1.29, 1.82) is 0 Å². The van der Waals surface area contributed by atoms with Crippen LogP contribution in [0.5, 0.6) is 17.2 Å². The highest BCUT2D eigenvalue weighted by Crippen LogP contribution is 2.21. The molecule has 3 nitrogen and oxygen atoms in total. The maximum absolute atomic E-state index is 10.1. The van der Waals surface area contributed by atoms with Gasteiger partial charge in [-0.05, 0) is 84.3 Å². The van der Waals surface area contributed by atoms with Crippen LogP contribution < -0.4 is 9.47 Å². The summed E-state index contributed by atoms with van der Waals surface area (Å²) < 4.78 is 10.6. The minimum Gasteiger partial charge on any atom is -0.508 e. The van der Waals surface area contributed by atoms with Crippen molar-refractivity contribution in [1.82, 2.24) is 0 Å². The van der Waals surface area contributed by atoms with E-state index < -0.39 is 0 Å². The van der Waals surface area contributed by atoms with E-state index in [1.807, 2.05) is 36.4 Å². The molecular weight excluding hydrogens is 336 g/mol. The van der Waals surface area contributed by atoms with Crippen LogP contribution in [0.3, 0.4) is 0 Å². The van der Waals surface area contributed by atoms with Crippen LogP contribution in [0.2, 0.25) is 0 Å². The number of benzene rings is 3. The van der Waals surface area contributed by atoms with Gasteiger partial charge in [0.1, 0.15) is 17.2 Å². The number of methoxy groups -OCH3 is 2. The molecule has 140 valence electrons. The van der Waals surface area contributed by atoms with Crippen molar-refractivity contribution in [3.63, 3.8) is 0 Å².